The number of amides is 3. The molecule has 14 heavy (non-hydrogen) atoms. The molecule has 0 bridgehead atoms. The molecule has 3 amide bonds. The number of hydrogen-bond acceptors (Lipinski definition) is 3. The number of thioether (sulfide) groups is 1. The summed E-state index contributed by atoms with van der Waals surface area (Å²) in [6, 6.07) is -0.136. The highest BCUT2D eigenvalue weighted by atomic mass is 32.2. The molecule has 82 valence electrons. The van der Waals surface area contributed by atoms with Crippen LogP contribution in [0.2, 0.25) is 0 Å². The van der Waals surface area contributed by atoms with Crippen LogP contribution >= 0.6 is 11.8 Å². The fourth-order valence-corrected chi connectivity index (χ4v) is 1.22. The van der Waals surface area contributed by atoms with Gasteiger partial charge >= 0.3 is 6.03 Å². The first-order chi connectivity index (χ1) is 6.45. The first kappa shape index (κ1) is 13.1. The molecule has 0 fully saturated rings. The van der Waals surface area contributed by atoms with Gasteiger partial charge in [0.2, 0.25) is 0 Å². The van der Waals surface area contributed by atoms with Crippen molar-refractivity contribution in [3.8, 4) is 0 Å². The van der Waals surface area contributed by atoms with Gasteiger partial charge in [0.05, 0.1) is 0 Å². The molecule has 0 aliphatic rings. The number of carbonyl (C=O) groups is 2. The fraction of sp³-hybridized carbons (Fsp3) is 0.750. The van der Waals surface area contributed by atoms with Gasteiger partial charge in [-0.15, -0.1) is 0 Å². The van der Waals surface area contributed by atoms with Gasteiger partial charge in [0.1, 0.15) is 0 Å². The van der Waals surface area contributed by atoms with E-state index in [1.165, 1.54) is 21.6 Å². The van der Waals surface area contributed by atoms with Crippen molar-refractivity contribution >= 4 is 23.0 Å². The second kappa shape index (κ2) is 6.53. The molecule has 0 saturated carbocycles. The summed E-state index contributed by atoms with van der Waals surface area (Å²) in [5.41, 5.74) is 0. The molecule has 5 nitrogen and oxygen atoms in total. The maximum Gasteiger partial charge on any atom is 0.316 e. The zero-order valence-electron chi connectivity index (χ0n) is 9.03. The first-order valence-electron chi connectivity index (χ1n) is 4.24. The second-order valence-electron chi connectivity index (χ2n) is 3.14. The lowest BCUT2D eigenvalue weighted by molar-refractivity contribution is 0.218. The Balaban J connectivity index is 3.48. The van der Waals surface area contributed by atoms with Crippen LogP contribution in [0.15, 0.2) is 0 Å². The minimum Gasteiger partial charge on any atom is -0.340 e. The third-order valence-electron chi connectivity index (χ3n) is 1.38. The molecule has 0 aliphatic carbocycles. The van der Waals surface area contributed by atoms with Crippen LogP contribution in [0.3, 0.4) is 0 Å². The maximum atomic E-state index is 11.1. The summed E-state index contributed by atoms with van der Waals surface area (Å²) in [7, 11) is 6.75. The van der Waals surface area contributed by atoms with Gasteiger partial charge in [-0.1, -0.05) is 11.8 Å². The number of nitrogens with zero attached hydrogens (tertiary/aromatic N) is 2. The van der Waals surface area contributed by atoms with Crippen molar-refractivity contribution in [2.24, 2.45) is 0 Å². The fourth-order valence-electron chi connectivity index (χ4n) is 0.584. The van der Waals surface area contributed by atoms with E-state index in [2.05, 4.69) is 5.32 Å². The summed E-state index contributed by atoms with van der Waals surface area (Å²) in [4.78, 5) is 25.1. The quantitative estimate of drug-likeness (QED) is 0.710. The smallest absolute Gasteiger partial charge is 0.316 e. The van der Waals surface area contributed by atoms with Crippen molar-refractivity contribution in [2.75, 3.05) is 40.5 Å². The zero-order chi connectivity index (χ0) is 11.1. The van der Waals surface area contributed by atoms with E-state index >= 15 is 0 Å². The van der Waals surface area contributed by atoms with Gasteiger partial charge < -0.3 is 15.1 Å². The second-order valence-corrected chi connectivity index (χ2v) is 4.18. The Morgan fingerprint density at radius 2 is 1.71 bits per heavy atom. The van der Waals surface area contributed by atoms with Crippen molar-refractivity contribution in [3.05, 3.63) is 0 Å². The van der Waals surface area contributed by atoms with E-state index in [1.807, 2.05) is 0 Å². The van der Waals surface area contributed by atoms with E-state index in [0.717, 1.165) is 0 Å². The largest absolute Gasteiger partial charge is 0.340 e. The molecule has 0 spiro atoms. The molecule has 0 aromatic rings. The van der Waals surface area contributed by atoms with Gasteiger partial charge in [0, 0.05) is 40.5 Å². The molecule has 0 aliphatic heterocycles. The van der Waals surface area contributed by atoms with Crippen molar-refractivity contribution in [3.63, 3.8) is 0 Å². The van der Waals surface area contributed by atoms with E-state index in [-0.39, 0.29) is 11.3 Å². The molecule has 0 aromatic carbocycles. The van der Waals surface area contributed by atoms with E-state index < -0.39 is 0 Å². The Morgan fingerprint density at radius 1 is 1.14 bits per heavy atom. The number of carbonyl (C=O) groups excluding carboxylic acids is 2. The third kappa shape index (κ3) is 5.69. The van der Waals surface area contributed by atoms with Gasteiger partial charge in [0.15, 0.2) is 0 Å². The molecule has 0 rings (SSSR count). The highest BCUT2D eigenvalue weighted by Crippen LogP contribution is 2.03. The highest BCUT2D eigenvalue weighted by Gasteiger charge is 2.05. The van der Waals surface area contributed by atoms with E-state index in [0.29, 0.717) is 12.3 Å². The predicted molar refractivity (Wildman–Crippen MR) is 58.6 cm³/mol. The maximum absolute atomic E-state index is 11.1. The normalized spacial score (nSPS) is 9.43. The number of hydrogen-bond donors (Lipinski definition) is 1. The SMILES string of the molecule is CN(C)C(=O)NCCSC(=O)N(C)C. The van der Waals surface area contributed by atoms with E-state index in [9.17, 15) is 9.59 Å². The lowest BCUT2D eigenvalue weighted by atomic mass is 10.7. The molecule has 0 radical (unpaired) electrons. The van der Waals surface area contributed by atoms with E-state index in [1.54, 1.807) is 28.2 Å². The zero-order valence-corrected chi connectivity index (χ0v) is 9.85. The Morgan fingerprint density at radius 3 is 2.14 bits per heavy atom. The van der Waals surface area contributed by atoms with Crippen molar-refractivity contribution in [1.29, 1.82) is 0 Å². The van der Waals surface area contributed by atoms with Gasteiger partial charge in [-0.25, -0.2) is 4.79 Å². The molecule has 0 heterocycles. The van der Waals surface area contributed by atoms with Crippen LogP contribution in [0.1, 0.15) is 0 Å². The van der Waals surface area contributed by atoms with Crippen molar-refractivity contribution < 1.29 is 9.59 Å². The van der Waals surface area contributed by atoms with Crippen LogP contribution in [-0.2, 0) is 0 Å². The molecule has 0 atom stereocenters. The number of urea groups is 1. The Labute approximate surface area is 88.8 Å². The van der Waals surface area contributed by atoms with Crippen LogP contribution in [0.25, 0.3) is 0 Å². The molecule has 0 aromatic heterocycles. The average molecular weight is 219 g/mol. The summed E-state index contributed by atoms with van der Waals surface area (Å²) in [5.74, 6) is 0.594. The summed E-state index contributed by atoms with van der Waals surface area (Å²) in [5, 5.41) is 2.68. The van der Waals surface area contributed by atoms with Crippen molar-refractivity contribution in [2.45, 2.75) is 0 Å². The number of nitrogens with one attached hydrogen (secondary N) is 1. The third-order valence-corrected chi connectivity index (χ3v) is 2.40. The Kier molecular flexibility index (Phi) is 6.11. The highest BCUT2D eigenvalue weighted by molar-refractivity contribution is 8.13. The Bertz CT molecular complexity index is 185. The average Bonchev–Trinajstić information content (AvgIpc) is 2.11. The standard InChI is InChI=1S/C8H17N3O2S/c1-10(2)7(12)9-5-6-14-8(13)11(3)4/h5-6H2,1-4H3,(H,9,12). The molecule has 6 heteroatoms. The summed E-state index contributed by atoms with van der Waals surface area (Å²) in [6.45, 7) is 0.501. The molecular formula is C8H17N3O2S. The van der Waals surface area contributed by atoms with Crippen LogP contribution in [0.4, 0.5) is 9.59 Å². The molecule has 0 unspecified atom stereocenters. The minimum absolute atomic E-state index is 0.00380. The van der Waals surface area contributed by atoms with Gasteiger partial charge in [-0.05, 0) is 0 Å². The van der Waals surface area contributed by atoms with Crippen LogP contribution in [-0.4, -0.2) is 61.6 Å². The molecule has 0 saturated heterocycles. The molecular weight excluding hydrogens is 202 g/mol. The summed E-state index contributed by atoms with van der Waals surface area (Å²) < 4.78 is 0. The number of rotatable bonds is 3. The Hall–Kier alpha value is -0.910. The van der Waals surface area contributed by atoms with Crippen LogP contribution in [0.5, 0.6) is 0 Å². The predicted octanol–water partition coefficient (Wildman–Crippen LogP) is 0.672. The van der Waals surface area contributed by atoms with E-state index in [4.69, 9.17) is 0 Å². The minimum atomic E-state index is -0.136. The monoisotopic (exact) mass is 219 g/mol. The van der Waals surface area contributed by atoms with Gasteiger partial charge in [0.25, 0.3) is 5.24 Å². The van der Waals surface area contributed by atoms with Crippen molar-refractivity contribution in [1.82, 2.24) is 15.1 Å². The summed E-state index contributed by atoms with van der Waals surface area (Å²) in [6.07, 6.45) is 0. The van der Waals surface area contributed by atoms with Gasteiger partial charge in [-0.2, -0.15) is 0 Å². The molecule has 1 N–H and O–H groups in total. The van der Waals surface area contributed by atoms with Crippen LogP contribution < -0.4 is 5.32 Å². The topological polar surface area (TPSA) is 52.7 Å². The lowest BCUT2D eigenvalue weighted by Gasteiger charge is -2.12. The first-order valence-corrected chi connectivity index (χ1v) is 5.23. The lowest BCUT2D eigenvalue weighted by Crippen LogP contribution is -2.36. The van der Waals surface area contributed by atoms with Crippen LogP contribution in [0, 0.1) is 0 Å². The van der Waals surface area contributed by atoms with Gasteiger partial charge in [-0.3, -0.25) is 4.79 Å². The summed E-state index contributed by atoms with van der Waals surface area (Å²) >= 11 is 1.19.